The first kappa shape index (κ1) is 19.0. The van der Waals surface area contributed by atoms with Gasteiger partial charge in [-0.3, -0.25) is 4.79 Å². The molecule has 2 aromatic rings. The molecule has 2 aromatic carbocycles. The molecule has 1 amide bonds. The molecule has 2 unspecified atom stereocenters. The van der Waals surface area contributed by atoms with Gasteiger partial charge >= 0.3 is 0 Å². The Kier molecular flexibility index (Phi) is 5.86. The van der Waals surface area contributed by atoms with Crippen LogP contribution in [0, 0.1) is 5.82 Å². The summed E-state index contributed by atoms with van der Waals surface area (Å²) < 4.78 is 12.9. The first-order chi connectivity index (χ1) is 12.9. The number of aliphatic hydroxyl groups is 1. The van der Waals surface area contributed by atoms with Crippen molar-refractivity contribution in [2.75, 3.05) is 6.54 Å². The van der Waals surface area contributed by atoms with Gasteiger partial charge < -0.3 is 16.2 Å². The number of carbonyl (C=O) groups is 1. The highest BCUT2D eigenvalue weighted by molar-refractivity contribution is 5.85. The number of nitrogens with one attached hydrogen (secondary N) is 1. The lowest BCUT2D eigenvalue weighted by molar-refractivity contribution is -0.122. The lowest BCUT2D eigenvalue weighted by atomic mass is 9.80. The number of primary amides is 1. The topological polar surface area (TPSA) is 87.7 Å². The van der Waals surface area contributed by atoms with Crippen LogP contribution >= 0.6 is 0 Å². The Morgan fingerprint density at radius 3 is 2.74 bits per heavy atom. The van der Waals surface area contributed by atoms with Crippen molar-refractivity contribution in [2.45, 2.75) is 38.2 Å². The molecule has 5 nitrogen and oxygen atoms in total. The fourth-order valence-electron chi connectivity index (χ4n) is 3.46. The molecule has 27 heavy (non-hydrogen) atoms. The quantitative estimate of drug-likeness (QED) is 0.559. The highest BCUT2D eigenvalue weighted by Crippen LogP contribution is 2.34. The van der Waals surface area contributed by atoms with Gasteiger partial charge in [0.15, 0.2) is 0 Å². The molecule has 0 aliphatic heterocycles. The average Bonchev–Trinajstić information content (AvgIpc) is 2.62. The van der Waals surface area contributed by atoms with Crippen LogP contribution in [0.25, 0.3) is 0 Å². The lowest BCUT2D eigenvalue weighted by Crippen LogP contribution is -2.35. The summed E-state index contributed by atoms with van der Waals surface area (Å²) in [6, 6.07) is 12.1. The summed E-state index contributed by atoms with van der Waals surface area (Å²) in [5.74, 6) is -0.699. The number of nitrogens with zero attached hydrogens (tertiary/aromatic N) is 1. The Morgan fingerprint density at radius 2 is 2.04 bits per heavy atom. The van der Waals surface area contributed by atoms with Crippen LogP contribution in [0.5, 0.6) is 0 Å². The number of amides is 1. The monoisotopic (exact) mass is 369 g/mol. The van der Waals surface area contributed by atoms with Gasteiger partial charge in [0.2, 0.25) is 5.91 Å². The van der Waals surface area contributed by atoms with Crippen molar-refractivity contribution in [2.24, 2.45) is 10.7 Å². The summed E-state index contributed by atoms with van der Waals surface area (Å²) in [5.41, 5.74) is 9.04. The molecule has 0 saturated heterocycles. The maximum absolute atomic E-state index is 12.9. The number of amidine groups is 1. The van der Waals surface area contributed by atoms with E-state index in [1.54, 1.807) is 12.1 Å². The summed E-state index contributed by atoms with van der Waals surface area (Å²) in [6.45, 7) is 2.54. The van der Waals surface area contributed by atoms with E-state index in [9.17, 15) is 14.3 Å². The number of hydrogen-bond acceptors (Lipinski definition) is 3. The Hall–Kier alpha value is -2.73. The molecule has 2 atom stereocenters. The molecule has 0 radical (unpaired) electrons. The van der Waals surface area contributed by atoms with Gasteiger partial charge in [0, 0.05) is 6.54 Å². The SMILES string of the molecule is CC(=Nc1ccc2c(c1)C(C(N)=O)C(O)CC2)NCCc1ccc(F)cc1. The maximum Gasteiger partial charge on any atom is 0.227 e. The van der Waals surface area contributed by atoms with Gasteiger partial charge in [-0.2, -0.15) is 0 Å². The van der Waals surface area contributed by atoms with E-state index >= 15 is 0 Å². The maximum atomic E-state index is 12.9. The smallest absolute Gasteiger partial charge is 0.227 e. The summed E-state index contributed by atoms with van der Waals surface area (Å²) in [7, 11) is 0. The predicted molar refractivity (Wildman–Crippen MR) is 104 cm³/mol. The fourth-order valence-corrected chi connectivity index (χ4v) is 3.46. The molecule has 0 fully saturated rings. The van der Waals surface area contributed by atoms with Crippen molar-refractivity contribution in [3.05, 3.63) is 65.0 Å². The number of fused-ring (bicyclic) bond motifs is 1. The van der Waals surface area contributed by atoms with Crippen LogP contribution in [0.3, 0.4) is 0 Å². The molecule has 142 valence electrons. The molecule has 3 rings (SSSR count). The summed E-state index contributed by atoms with van der Waals surface area (Å²) in [5, 5.41) is 13.4. The number of aryl methyl sites for hydroxylation is 1. The minimum absolute atomic E-state index is 0.240. The summed E-state index contributed by atoms with van der Waals surface area (Å²) in [4.78, 5) is 16.3. The highest BCUT2D eigenvalue weighted by atomic mass is 19.1. The standard InChI is InChI=1S/C21H24FN3O2/c1-13(24-11-10-14-2-6-16(22)7-3-14)25-17-8-4-15-5-9-19(26)20(21(23)27)18(15)12-17/h2-4,6-8,12,19-20,26H,5,9-11H2,1H3,(H2,23,27)(H,24,25). The number of aliphatic imine (C=N–C) groups is 1. The second kappa shape index (κ2) is 8.31. The van der Waals surface area contributed by atoms with Gasteiger partial charge in [0.1, 0.15) is 5.82 Å². The number of halogens is 1. The Bertz CT molecular complexity index is 849. The van der Waals surface area contributed by atoms with Gasteiger partial charge in [0.25, 0.3) is 0 Å². The first-order valence-corrected chi connectivity index (χ1v) is 9.08. The molecule has 0 aromatic heterocycles. The van der Waals surface area contributed by atoms with Crippen molar-refractivity contribution in [1.82, 2.24) is 5.32 Å². The number of benzene rings is 2. The number of rotatable bonds is 5. The molecule has 4 N–H and O–H groups in total. The molecular formula is C21H24FN3O2. The molecule has 1 aliphatic rings. The summed E-state index contributed by atoms with van der Waals surface area (Å²) >= 11 is 0. The van der Waals surface area contributed by atoms with E-state index in [1.807, 2.05) is 25.1 Å². The zero-order chi connectivity index (χ0) is 19.4. The minimum atomic E-state index is -0.746. The Balaban J connectivity index is 1.67. The van der Waals surface area contributed by atoms with E-state index < -0.39 is 17.9 Å². The van der Waals surface area contributed by atoms with Crippen LogP contribution < -0.4 is 11.1 Å². The third-order valence-corrected chi connectivity index (χ3v) is 4.87. The number of aliphatic hydroxyl groups excluding tert-OH is 1. The molecule has 1 aliphatic carbocycles. The van der Waals surface area contributed by atoms with Crippen LogP contribution in [0.4, 0.5) is 10.1 Å². The van der Waals surface area contributed by atoms with Crippen LogP contribution in [-0.4, -0.2) is 29.5 Å². The van der Waals surface area contributed by atoms with Gasteiger partial charge in [-0.05, 0) is 67.1 Å². The van der Waals surface area contributed by atoms with Crippen molar-refractivity contribution in [3.8, 4) is 0 Å². The second-order valence-electron chi connectivity index (χ2n) is 6.87. The molecule has 0 spiro atoms. The van der Waals surface area contributed by atoms with Crippen LogP contribution in [0.2, 0.25) is 0 Å². The van der Waals surface area contributed by atoms with Gasteiger partial charge in [-0.15, -0.1) is 0 Å². The third kappa shape index (κ3) is 4.71. The van der Waals surface area contributed by atoms with E-state index in [-0.39, 0.29) is 5.82 Å². The predicted octanol–water partition coefficient (Wildman–Crippen LogP) is 2.58. The van der Waals surface area contributed by atoms with Crippen LogP contribution in [-0.2, 0) is 17.6 Å². The molecule has 0 bridgehead atoms. The number of hydrogen-bond donors (Lipinski definition) is 3. The van der Waals surface area contributed by atoms with Crippen molar-refractivity contribution in [1.29, 1.82) is 0 Å². The van der Waals surface area contributed by atoms with Crippen LogP contribution in [0.1, 0.15) is 36.0 Å². The molecular weight excluding hydrogens is 345 g/mol. The fraction of sp³-hybridized carbons (Fsp3) is 0.333. The lowest BCUT2D eigenvalue weighted by Gasteiger charge is -2.28. The van der Waals surface area contributed by atoms with Gasteiger partial charge in [-0.25, -0.2) is 9.38 Å². The number of nitrogens with two attached hydrogens (primary N) is 1. The van der Waals surface area contributed by atoms with E-state index in [1.165, 1.54) is 12.1 Å². The minimum Gasteiger partial charge on any atom is -0.392 e. The average molecular weight is 369 g/mol. The third-order valence-electron chi connectivity index (χ3n) is 4.87. The number of carbonyl (C=O) groups excluding carboxylic acids is 1. The zero-order valence-electron chi connectivity index (χ0n) is 15.3. The van der Waals surface area contributed by atoms with Crippen molar-refractivity contribution in [3.63, 3.8) is 0 Å². The Morgan fingerprint density at radius 1 is 1.30 bits per heavy atom. The largest absolute Gasteiger partial charge is 0.392 e. The summed E-state index contributed by atoms with van der Waals surface area (Å²) in [6.07, 6.45) is 1.27. The van der Waals surface area contributed by atoms with E-state index in [2.05, 4.69) is 10.3 Å². The van der Waals surface area contributed by atoms with E-state index in [4.69, 9.17) is 5.73 Å². The second-order valence-corrected chi connectivity index (χ2v) is 6.87. The zero-order valence-corrected chi connectivity index (χ0v) is 15.3. The normalized spacial score (nSPS) is 19.4. The van der Waals surface area contributed by atoms with Gasteiger partial charge in [0.05, 0.1) is 23.5 Å². The highest BCUT2D eigenvalue weighted by Gasteiger charge is 2.32. The molecule has 0 heterocycles. The van der Waals surface area contributed by atoms with E-state index in [0.717, 1.165) is 35.4 Å². The molecule has 6 heteroatoms. The Labute approximate surface area is 158 Å². The van der Waals surface area contributed by atoms with Crippen molar-refractivity contribution >= 4 is 17.4 Å². The van der Waals surface area contributed by atoms with E-state index in [0.29, 0.717) is 18.7 Å². The van der Waals surface area contributed by atoms with Crippen LogP contribution in [0.15, 0.2) is 47.5 Å². The molecule has 0 saturated carbocycles. The first-order valence-electron chi connectivity index (χ1n) is 9.08. The van der Waals surface area contributed by atoms with Crippen molar-refractivity contribution < 1.29 is 14.3 Å². The van der Waals surface area contributed by atoms with Gasteiger partial charge in [-0.1, -0.05) is 18.2 Å².